The Balaban J connectivity index is 1.79. The Bertz CT molecular complexity index is 1400. The molecule has 2 aromatic heterocycles. The second-order valence-electron chi connectivity index (χ2n) is 7.35. The normalized spacial score (nSPS) is 11.0. The van der Waals surface area contributed by atoms with Crippen LogP contribution >= 0.6 is 23.2 Å². The van der Waals surface area contributed by atoms with E-state index in [1.165, 1.54) is 0 Å². The molecule has 156 valence electrons. The third-order valence-corrected chi connectivity index (χ3v) is 5.89. The highest BCUT2D eigenvalue weighted by atomic mass is 35.5. The van der Waals surface area contributed by atoms with Crippen molar-refractivity contribution in [3.8, 4) is 39.4 Å². The van der Waals surface area contributed by atoms with Crippen LogP contribution in [0.3, 0.4) is 0 Å². The quantitative estimate of drug-likeness (QED) is 0.275. The van der Waals surface area contributed by atoms with Crippen LogP contribution in [0.2, 0.25) is 10.0 Å². The maximum Gasteiger partial charge on any atom is 0.118 e. The van der Waals surface area contributed by atoms with E-state index in [1.54, 1.807) is 7.11 Å². The van der Waals surface area contributed by atoms with Crippen LogP contribution in [-0.2, 0) is 0 Å². The van der Waals surface area contributed by atoms with Crippen LogP contribution in [0.5, 0.6) is 5.75 Å². The van der Waals surface area contributed by atoms with Gasteiger partial charge in [0, 0.05) is 32.8 Å². The molecule has 0 amide bonds. The number of benzene rings is 3. The van der Waals surface area contributed by atoms with Crippen LogP contribution in [0.4, 0.5) is 0 Å². The fourth-order valence-electron chi connectivity index (χ4n) is 3.75. The SMILES string of the molecule is COc1ccc(-c2cc(-c3ccc(Cl)cc3)nc3c(-c4ccc(Cl)cc4)nccc23)cc1. The lowest BCUT2D eigenvalue weighted by molar-refractivity contribution is 0.415. The van der Waals surface area contributed by atoms with E-state index < -0.39 is 0 Å². The number of aromatic nitrogens is 2. The van der Waals surface area contributed by atoms with Gasteiger partial charge in [-0.2, -0.15) is 0 Å². The lowest BCUT2D eigenvalue weighted by Crippen LogP contribution is -1.94. The number of hydrogen-bond acceptors (Lipinski definition) is 3. The van der Waals surface area contributed by atoms with E-state index in [9.17, 15) is 0 Å². The fourth-order valence-corrected chi connectivity index (χ4v) is 4.00. The van der Waals surface area contributed by atoms with Gasteiger partial charge in [-0.05, 0) is 59.7 Å². The third-order valence-electron chi connectivity index (χ3n) is 5.39. The van der Waals surface area contributed by atoms with E-state index in [4.69, 9.17) is 32.9 Å². The Morgan fingerprint density at radius 3 is 1.91 bits per heavy atom. The van der Waals surface area contributed by atoms with E-state index in [2.05, 4.69) is 23.2 Å². The molecule has 5 aromatic rings. The van der Waals surface area contributed by atoms with E-state index in [1.807, 2.05) is 72.9 Å². The highest BCUT2D eigenvalue weighted by Crippen LogP contribution is 2.36. The Hall–Kier alpha value is -3.40. The molecule has 0 bridgehead atoms. The Labute approximate surface area is 196 Å². The van der Waals surface area contributed by atoms with E-state index in [0.717, 1.165) is 50.3 Å². The largest absolute Gasteiger partial charge is 0.497 e. The number of ether oxygens (including phenoxy) is 1. The summed E-state index contributed by atoms with van der Waals surface area (Å²) in [4.78, 5) is 9.70. The molecule has 2 heterocycles. The lowest BCUT2D eigenvalue weighted by Gasteiger charge is -2.13. The predicted octanol–water partition coefficient (Wildman–Crippen LogP) is 7.95. The molecule has 0 unspecified atom stereocenters. The Morgan fingerprint density at radius 2 is 1.28 bits per heavy atom. The minimum atomic E-state index is 0.683. The van der Waals surface area contributed by atoms with Crippen LogP contribution in [0.1, 0.15) is 0 Å². The summed E-state index contributed by atoms with van der Waals surface area (Å²) in [5.41, 5.74) is 6.57. The molecular formula is C27H18Cl2N2O. The first-order valence-electron chi connectivity index (χ1n) is 10.1. The van der Waals surface area contributed by atoms with Crippen molar-refractivity contribution in [2.75, 3.05) is 7.11 Å². The molecule has 32 heavy (non-hydrogen) atoms. The number of fused-ring (bicyclic) bond motifs is 1. The summed E-state index contributed by atoms with van der Waals surface area (Å²) < 4.78 is 5.34. The molecular weight excluding hydrogens is 439 g/mol. The summed E-state index contributed by atoms with van der Waals surface area (Å²) in [7, 11) is 1.67. The molecule has 0 aliphatic carbocycles. The summed E-state index contributed by atoms with van der Waals surface area (Å²) in [6.07, 6.45) is 1.82. The van der Waals surface area contributed by atoms with E-state index >= 15 is 0 Å². The molecule has 3 nitrogen and oxygen atoms in total. The zero-order chi connectivity index (χ0) is 22.1. The molecule has 5 rings (SSSR count). The van der Waals surface area contributed by atoms with Crippen molar-refractivity contribution in [1.82, 2.24) is 9.97 Å². The highest BCUT2D eigenvalue weighted by molar-refractivity contribution is 6.31. The molecule has 0 saturated carbocycles. The Kier molecular flexibility index (Phi) is 5.52. The predicted molar refractivity (Wildman–Crippen MR) is 132 cm³/mol. The molecule has 0 radical (unpaired) electrons. The molecule has 0 spiro atoms. The molecule has 0 fully saturated rings. The Morgan fingerprint density at radius 1 is 0.688 bits per heavy atom. The topological polar surface area (TPSA) is 35.0 Å². The second kappa shape index (κ2) is 8.62. The van der Waals surface area contributed by atoms with Gasteiger partial charge in [0.15, 0.2) is 0 Å². The number of hydrogen-bond donors (Lipinski definition) is 0. The van der Waals surface area contributed by atoms with Gasteiger partial charge in [-0.3, -0.25) is 4.98 Å². The summed E-state index contributed by atoms with van der Waals surface area (Å²) in [6.45, 7) is 0. The van der Waals surface area contributed by atoms with Gasteiger partial charge in [-0.15, -0.1) is 0 Å². The van der Waals surface area contributed by atoms with Crippen molar-refractivity contribution in [3.05, 3.63) is 101 Å². The summed E-state index contributed by atoms with van der Waals surface area (Å²) in [5.74, 6) is 0.813. The second-order valence-corrected chi connectivity index (χ2v) is 8.23. The first kappa shape index (κ1) is 20.5. The molecule has 0 saturated heterocycles. The number of pyridine rings is 2. The van der Waals surface area contributed by atoms with Gasteiger partial charge in [0.2, 0.25) is 0 Å². The van der Waals surface area contributed by atoms with Crippen LogP contribution < -0.4 is 4.74 Å². The lowest BCUT2D eigenvalue weighted by atomic mass is 9.97. The maximum atomic E-state index is 6.11. The fraction of sp³-hybridized carbons (Fsp3) is 0.0370. The minimum absolute atomic E-state index is 0.683. The summed E-state index contributed by atoms with van der Waals surface area (Å²) in [6, 6.07) is 27.5. The van der Waals surface area contributed by atoms with Gasteiger partial charge < -0.3 is 4.74 Å². The van der Waals surface area contributed by atoms with Crippen LogP contribution in [0.15, 0.2) is 91.1 Å². The van der Waals surface area contributed by atoms with Gasteiger partial charge >= 0.3 is 0 Å². The van der Waals surface area contributed by atoms with Gasteiger partial charge in [0.1, 0.15) is 5.75 Å². The zero-order valence-corrected chi connectivity index (χ0v) is 18.7. The number of rotatable bonds is 4. The van der Waals surface area contributed by atoms with Gasteiger partial charge in [-0.25, -0.2) is 4.98 Å². The molecule has 5 heteroatoms. The maximum absolute atomic E-state index is 6.11. The summed E-state index contributed by atoms with van der Waals surface area (Å²) in [5, 5.41) is 2.39. The molecule has 0 N–H and O–H groups in total. The van der Waals surface area contributed by atoms with Gasteiger partial charge in [-0.1, -0.05) is 59.6 Å². The van der Waals surface area contributed by atoms with Crippen LogP contribution in [0, 0.1) is 0 Å². The van der Waals surface area contributed by atoms with Gasteiger partial charge in [0.25, 0.3) is 0 Å². The first-order chi connectivity index (χ1) is 15.6. The van der Waals surface area contributed by atoms with Crippen molar-refractivity contribution >= 4 is 34.1 Å². The molecule has 0 atom stereocenters. The monoisotopic (exact) mass is 456 g/mol. The molecule has 0 aliphatic heterocycles. The van der Waals surface area contributed by atoms with Gasteiger partial charge in [0.05, 0.1) is 24.0 Å². The van der Waals surface area contributed by atoms with Crippen molar-refractivity contribution < 1.29 is 4.74 Å². The zero-order valence-electron chi connectivity index (χ0n) is 17.2. The molecule has 0 aliphatic rings. The number of methoxy groups -OCH3 is 1. The van der Waals surface area contributed by atoms with Crippen molar-refractivity contribution in [2.45, 2.75) is 0 Å². The van der Waals surface area contributed by atoms with Crippen molar-refractivity contribution in [3.63, 3.8) is 0 Å². The van der Waals surface area contributed by atoms with Crippen molar-refractivity contribution in [2.24, 2.45) is 0 Å². The highest BCUT2D eigenvalue weighted by Gasteiger charge is 2.14. The average molecular weight is 457 g/mol. The first-order valence-corrected chi connectivity index (χ1v) is 10.8. The van der Waals surface area contributed by atoms with Crippen molar-refractivity contribution in [1.29, 1.82) is 0 Å². The third kappa shape index (κ3) is 3.93. The number of halogens is 2. The van der Waals surface area contributed by atoms with E-state index in [-0.39, 0.29) is 0 Å². The standard InChI is InChI=1S/C27H18Cl2N2O/c1-32-22-12-6-17(7-13-22)24-16-25(18-2-8-20(28)9-3-18)31-27-23(24)14-15-30-26(27)19-4-10-21(29)11-5-19/h2-16H,1H3. The minimum Gasteiger partial charge on any atom is -0.497 e. The van der Waals surface area contributed by atoms with E-state index in [0.29, 0.717) is 10.0 Å². The molecule has 3 aromatic carbocycles. The smallest absolute Gasteiger partial charge is 0.118 e. The average Bonchev–Trinajstić information content (AvgIpc) is 2.84. The number of nitrogens with zero attached hydrogens (tertiary/aromatic N) is 2. The van der Waals surface area contributed by atoms with Crippen LogP contribution in [0.25, 0.3) is 44.5 Å². The summed E-state index contributed by atoms with van der Waals surface area (Å²) >= 11 is 12.2. The van der Waals surface area contributed by atoms with Crippen LogP contribution in [-0.4, -0.2) is 17.1 Å².